The fourth-order valence-electron chi connectivity index (χ4n) is 3.64. The van der Waals surface area contributed by atoms with Crippen LogP contribution in [0.2, 0.25) is 5.02 Å². The third kappa shape index (κ3) is 5.26. The standard InChI is InChI=1S/C26H25ClN4O2S/c1-4-18-8-5-7-17(2)24(18)28-23(32)16-34-26-30-29-25(19-9-6-10-22(15-19)33-3)31(26)21-13-11-20(27)12-14-21/h5-15H,4,16H2,1-3H3,(H,28,32). The molecule has 6 nitrogen and oxygen atoms in total. The summed E-state index contributed by atoms with van der Waals surface area (Å²) in [5.74, 6) is 1.47. The first kappa shape index (κ1) is 23.9. The Bertz CT molecular complexity index is 1300. The van der Waals surface area contributed by atoms with Crippen molar-refractivity contribution in [3.8, 4) is 22.8 Å². The highest BCUT2D eigenvalue weighted by Gasteiger charge is 2.18. The molecule has 0 saturated heterocycles. The minimum absolute atomic E-state index is 0.0948. The minimum atomic E-state index is -0.0948. The zero-order valence-electron chi connectivity index (χ0n) is 19.2. The Hall–Kier alpha value is -3.29. The summed E-state index contributed by atoms with van der Waals surface area (Å²) in [7, 11) is 1.63. The van der Waals surface area contributed by atoms with E-state index < -0.39 is 0 Å². The van der Waals surface area contributed by atoms with Crippen molar-refractivity contribution in [2.24, 2.45) is 0 Å². The molecule has 174 valence electrons. The van der Waals surface area contributed by atoms with Gasteiger partial charge in [-0.15, -0.1) is 10.2 Å². The van der Waals surface area contributed by atoms with Crippen LogP contribution in [0.4, 0.5) is 5.69 Å². The van der Waals surface area contributed by atoms with Gasteiger partial charge in [-0.3, -0.25) is 9.36 Å². The van der Waals surface area contributed by atoms with Crippen LogP contribution in [0.1, 0.15) is 18.1 Å². The molecule has 0 aliphatic rings. The first-order valence-electron chi connectivity index (χ1n) is 10.9. The lowest BCUT2D eigenvalue weighted by atomic mass is 10.1. The van der Waals surface area contributed by atoms with Crippen LogP contribution >= 0.6 is 23.4 Å². The van der Waals surface area contributed by atoms with E-state index in [0.29, 0.717) is 16.0 Å². The molecule has 0 spiro atoms. The Morgan fingerprint density at radius 2 is 1.85 bits per heavy atom. The van der Waals surface area contributed by atoms with E-state index in [0.717, 1.165) is 40.2 Å². The predicted molar refractivity (Wildman–Crippen MR) is 138 cm³/mol. The number of amides is 1. The van der Waals surface area contributed by atoms with Crippen LogP contribution in [0.15, 0.2) is 71.9 Å². The first-order chi connectivity index (χ1) is 16.5. The lowest BCUT2D eigenvalue weighted by molar-refractivity contribution is -0.113. The maximum atomic E-state index is 12.8. The lowest BCUT2D eigenvalue weighted by Crippen LogP contribution is -2.16. The molecular weight excluding hydrogens is 468 g/mol. The van der Waals surface area contributed by atoms with Gasteiger partial charge >= 0.3 is 0 Å². The van der Waals surface area contributed by atoms with E-state index in [9.17, 15) is 4.79 Å². The number of anilines is 1. The van der Waals surface area contributed by atoms with E-state index in [4.69, 9.17) is 16.3 Å². The van der Waals surface area contributed by atoms with Crippen molar-refractivity contribution >= 4 is 35.0 Å². The van der Waals surface area contributed by atoms with Crippen molar-refractivity contribution in [2.45, 2.75) is 25.4 Å². The van der Waals surface area contributed by atoms with Crippen molar-refractivity contribution in [3.05, 3.63) is 82.9 Å². The second kappa shape index (κ2) is 10.8. The van der Waals surface area contributed by atoms with Crippen LogP contribution in [0.3, 0.4) is 0 Å². The highest BCUT2D eigenvalue weighted by Crippen LogP contribution is 2.30. The molecule has 4 rings (SSSR count). The SMILES string of the molecule is CCc1cccc(C)c1NC(=O)CSc1nnc(-c2cccc(OC)c2)n1-c1ccc(Cl)cc1. The summed E-state index contributed by atoms with van der Waals surface area (Å²) in [5, 5.41) is 13.1. The Balaban J connectivity index is 1.62. The quantitative estimate of drug-likeness (QED) is 0.297. The Kier molecular flexibility index (Phi) is 7.55. The number of nitrogens with zero attached hydrogens (tertiary/aromatic N) is 3. The normalized spacial score (nSPS) is 10.8. The molecule has 1 N–H and O–H groups in total. The topological polar surface area (TPSA) is 69.0 Å². The largest absolute Gasteiger partial charge is 0.497 e. The van der Waals surface area contributed by atoms with E-state index in [1.165, 1.54) is 11.8 Å². The first-order valence-corrected chi connectivity index (χ1v) is 12.2. The summed E-state index contributed by atoms with van der Waals surface area (Å²) in [6.45, 7) is 4.08. The average molecular weight is 493 g/mol. The molecule has 3 aromatic carbocycles. The number of benzene rings is 3. The number of hydrogen-bond donors (Lipinski definition) is 1. The van der Waals surface area contributed by atoms with Gasteiger partial charge < -0.3 is 10.1 Å². The number of para-hydroxylation sites is 1. The van der Waals surface area contributed by atoms with Gasteiger partial charge in [0.05, 0.1) is 12.9 Å². The molecule has 0 unspecified atom stereocenters. The second-order valence-corrected chi connectivity index (χ2v) is 9.03. The number of nitrogens with one attached hydrogen (secondary N) is 1. The highest BCUT2D eigenvalue weighted by atomic mass is 35.5. The van der Waals surface area contributed by atoms with Gasteiger partial charge in [-0.05, 0) is 60.9 Å². The second-order valence-electron chi connectivity index (χ2n) is 7.65. The Labute approximate surface area is 208 Å². The summed E-state index contributed by atoms with van der Waals surface area (Å²) >= 11 is 7.44. The summed E-state index contributed by atoms with van der Waals surface area (Å²) in [4.78, 5) is 12.8. The number of methoxy groups -OCH3 is 1. The van der Waals surface area contributed by atoms with Gasteiger partial charge in [0.25, 0.3) is 0 Å². The maximum Gasteiger partial charge on any atom is 0.234 e. The van der Waals surface area contributed by atoms with E-state index in [-0.39, 0.29) is 11.7 Å². The van der Waals surface area contributed by atoms with E-state index in [1.807, 2.05) is 78.2 Å². The fourth-order valence-corrected chi connectivity index (χ4v) is 4.52. The summed E-state index contributed by atoms with van der Waals surface area (Å²) in [5.41, 5.74) is 4.74. The third-order valence-electron chi connectivity index (χ3n) is 5.38. The van der Waals surface area contributed by atoms with Gasteiger partial charge in [-0.25, -0.2) is 0 Å². The molecule has 1 aromatic heterocycles. The van der Waals surface area contributed by atoms with Crippen molar-refractivity contribution in [1.29, 1.82) is 0 Å². The molecular formula is C26H25ClN4O2S. The predicted octanol–water partition coefficient (Wildman–Crippen LogP) is 6.20. The third-order valence-corrected chi connectivity index (χ3v) is 6.56. The van der Waals surface area contributed by atoms with E-state index in [2.05, 4.69) is 22.4 Å². The van der Waals surface area contributed by atoms with Crippen LogP contribution in [0.5, 0.6) is 5.75 Å². The number of halogens is 1. The van der Waals surface area contributed by atoms with Crippen molar-refractivity contribution < 1.29 is 9.53 Å². The number of aromatic nitrogens is 3. The number of ether oxygens (including phenoxy) is 1. The van der Waals surface area contributed by atoms with Gasteiger partial charge in [0.2, 0.25) is 5.91 Å². The van der Waals surface area contributed by atoms with Crippen molar-refractivity contribution in [1.82, 2.24) is 14.8 Å². The van der Waals surface area contributed by atoms with Crippen LogP contribution in [0, 0.1) is 6.92 Å². The molecule has 0 aliphatic carbocycles. The van der Waals surface area contributed by atoms with Gasteiger partial charge in [0, 0.05) is 22.0 Å². The van der Waals surface area contributed by atoms with Crippen LogP contribution in [0.25, 0.3) is 17.1 Å². The summed E-state index contributed by atoms with van der Waals surface area (Å²) in [6.07, 6.45) is 0.846. The molecule has 0 fully saturated rings. The van der Waals surface area contributed by atoms with Crippen molar-refractivity contribution in [3.63, 3.8) is 0 Å². The Morgan fingerprint density at radius 1 is 1.09 bits per heavy atom. The molecule has 0 atom stereocenters. The number of hydrogen-bond acceptors (Lipinski definition) is 5. The summed E-state index contributed by atoms with van der Waals surface area (Å²) in [6, 6.07) is 21.1. The van der Waals surface area contributed by atoms with E-state index >= 15 is 0 Å². The van der Waals surface area contributed by atoms with Gasteiger partial charge in [-0.2, -0.15) is 0 Å². The molecule has 1 heterocycles. The average Bonchev–Trinajstić information content (AvgIpc) is 3.28. The number of carbonyl (C=O) groups excluding carboxylic acids is 1. The number of rotatable bonds is 8. The number of thioether (sulfide) groups is 1. The molecule has 0 aliphatic heterocycles. The van der Waals surface area contributed by atoms with Crippen LogP contribution in [-0.4, -0.2) is 33.5 Å². The zero-order chi connectivity index (χ0) is 24.1. The molecule has 4 aromatic rings. The minimum Gasteiger partial charge on any atom is -0.497 e. The van der Waals surface area contributed by atoms with Crippen molar-refractivity contribution in [2.75, 3.05) is 18.2 Å². The van der Waals surface area contributed by atoms with Gasteiger partial charge in [-0.1, -0.05) is 60.6 Å². The molecule has 0 saturated carbocycles. The molecule has 0 bridgehead atoms. The van der Waals surface area contributed by atoms with Gasteiger partial charge in [0.1, 0.15) is 5.75 Å². The molecule has 34 heavy (non-hydrogen) atoms. The zero-order valence-corrected chi connectivity index (χ0v) is 20.8. The van der Waals surface area contributed by atoms with E-state index in [1.54, 1.807) is 7.11 Å². The molecule has 8 heteroatoms. The number of aryl methyl sites for hydroxylation is 2. The Morgan fingerprint density at radius 3 is 2.59 bits per heavy atom. The monoisotopic (exact) mass is 492 g/mol. The highest BCUT2D eigenvalue weighted by molar-refractivity contribution is 7.99. The van der Waals surface area contributed by atoms with Crippen LogP contribution in [-0.2, 0) is 11.2 Å². The maximum absolute atomic E-state index is 12.8. The van der Waals surface area contributed by atoms with Crippen LogP contribution < -0.4 is 10.1 Å². The molecule has 1 amide bonds. The molecule has 0 radical (unpaired) electrons. The fraction of sp³-hybridized carbons (Fsp3) is 0.192. The van der Waals surface area contributed by atoms with Gasteiger partial charge in [0.15, 0.2) is 11.0 Å². The summed E-state index contributed by atoms with van der Waals surface area (Å²) < 4.78 is 7.30. The lowest BCUT2D eigenvalue weighted by Gasteiger charge is -2.13. The number of carbonyl (C=O) groups is 1. The smallest absolute Gasteiger partial charge is 0.234 e.